The third-order valence-corrected chi connectivity index (χ3v) is 3.26. The highest BCUT2D eigenvalue weighted by atomic mass is 19.1. The van der Waals surface area contributed by atoms with Crippen LogP contribution in [0.3, 0.4) is 0 Å². The van der Waals surface area contributed by atoms with E-state index in [1.807, 2.05) is 0 Å². The van der Waals surface area contributed by atoms with Crippen LogP contribution in [0, 0.1) is 5.82 Å². The molecule has 0 aromatic heterocycles. The van der Waals surface area contributed by atoms with Crippen molar-refractivity contribution in [2.45, 2.75) is 25.3 Å². The number of hydrogen-bond acceptors (Lipinski definition) is 2. The summed E-state index contributed by atoms with van der Waals surface area (Å²) in [5.41, 5.74) is 1.11. The quantitative estimate of drug-likeness (QED) is 0.768. The van der Waals surface area contributed by atoms with Crippen molar-refractivity contribution >= 4 is 5.97 Å². The highest BCUT2D eigenvalue weighted by Crippen LogP contribution is 2.26. The van der Waals surface area contributed by atoms with Gasteiger partial charge in [0.05, 0.1) is 0 Å². The van der Waals surface area contributed by atoms with Crippen molar-refractivity contribution in [1.82, 2.24) is 4.90 Å². The van der Waals surface area contributed by atoms with E-state index < -0.39 is 5.97 Å². The molecule has 1 fully saturated rings. The fraction of sp³-hybridized carbons (Fsp3) is 0.400. The Bertz CT molecular complexity index is 452. The number of carbonyl (C=O) groups is 1. The summed E-state index contributed by atoms with van der Waals surface area (Å²) in [6.07, 6.45) is 6.10. The third-order valence-electron chi connectivity index (χ3n) is 3.26. The Hall–Kier alpha value is -1.68. The van der Waals surface area contributed by atoms with Crippen molar-refractivity contribution in [2.24, 2.45) is 0 Å². The van der Waals surface area contributed by atoms with Crippen molar-refractivity contribution in [3.8, 4) is 0 Å². The van der Waals surface area contributed by atoms with Crippen LogP contribution in [0.5, 0.6) is 0 Å². The van der Waals surface area contributed by atoms with E-state index in [1.165, 1.54) is 31.1 Å². The largest absolute Gasteiger partial charge is 0.478 e. The molecule has 19 heavy (non-hydrogen) atoms. The van der Waals surface area contributed by atoms with E-state index in [-0.39, 0.29) is 5.82 Å². The Kier molecular flexibility index (Phi) is 4.68. The van der Waals surface area contributed by atoms with Crippen LogP contribution in [0.1, 0.15) is 18.4 Å². The molecule has 1 aliphatic rings. The van der Waals surface area contributed by atoms with Gasteiger partial charge >= 0.3 is 5.97 Å². The molecule has 0 atom stereocenters. The molecular weight excluding hydrogens is 245 g/mol. The SMILES string of the molecule is O=C(O)C=CCN(CCc1ccc(F)cc1)C1CC1. The molecule has 1 aliphatic carbocycles. The summed E-state index contributed by atoms with van der Waals surface area (Å²) in [6.45, 7) is 1.54. The first-order chi connectivity index (χ1) is 9.15. The van der Waals surface area contributed by atoms with Crippen molar-refractivity contribution in [1.29, 1.82) is 0 Å². The summed E-state index contributed by atoms with van der Waals surface area (Å²) >= 11 is 0. The second-order valence-electron chi connectivity index (χ2n) is 4.84. The van der Waals surface area contributed by atoms with E-state index in [2.05, 4.69) is 4.90 Å². The van der Waals surface area contributed by atoms with Crippen LogP contribution in [0.2, 0.25) is 0 Å². The number of aliphatic carboxylic acids is 1. The molecule has 0 spiro atoms. The average Bonchev–Trinajstić information content (AvgIpc) is 3.19. The number of benzene rings is 1. The van der Waals surface area contributed by atoms with Crippen molar-refractivity contribution < 1.29 is 14.3 Å². The van der Waals surface area contributed by atoms with Gasteiger partial charge in [-0.3, -0.25) is 4.90 Å². The fourth-order valence-corrected chi connectivity index (χ4v) is 2.08. The highest BCUT2D eigenvalue weighted by Gasteiger charge is 2.27. The van der Waals surface area contributed by atoms with Crippen LogP contribution in [0.25, 0.3) is 0 Å². The van der Waals surface area contributed by atoms with E-state index >= 15 is 0 Å². The van der Waals surface area contributed by atoms with Crippen molar-refractivity contribution in [3.05, 3.63) is 47.8 Å². The minimum Gasteiger partial charge on any atom is -0.478 e. The molecule has 102 valence electrons. The molecule has 2 rings (SSSR count). The molecular formula is C15H18FNO2. The van der Waals surface area contributed by atoms with E-state index in [0.717, 1.165) is 18.5 Å². The zero-order valence-electron chi connectivity index (χ0n) is 10.8. The smallest absolute Gasteiger partial charge is 0.328 e. The van der Waals surface area contributed by atoms with Gasteiger partial charge in [-0.25, -0.2) is 9.18 Å². The Labute approximate surface area is 112 Å². The topological polar surface area (TPSA) is 40.5 Å². The molecule has 0 aliphatic heterocycles. The Morgan fingerprint density at radius 1 is 1.37 bits per heavy atom. The van der Waals surface area contributed by atoms with Gasteiger partial charge in [-0.05, 0) is 37.0 Å². The van der Waals surface area contributed by atoms with E-state index in [4.69, 9.17) is 5.11 Å². The van der Waals surface area contributed by atoms with E-state index in [1.54, 1.807) is 18.2 Å². The lowest BCUT2D eigenvalue weighted by atomic mass is 10.1. The molecule has 1 N–H and O–H groups in total. The first kappa shape index (κ1) is 13.7. The van der Waals surface area contributed by atoms with Gasteiger partial charge in [0, 0.05) is 25.2 Å². The van der Waals surface area contributed by atoms with Gasteiger partial charge in [0.1, 0.15) is 5.82 Å². The van der Waals surface area contributed by atoms with Gasteiger partial charge in [0.25, 0.3) is 0 Å². The summed E-state index contributed by atoms with van der Waals surface area (Å²) in [4.78, 5) is 12.7. The monoisotopic (exact) mass is 263 g/mol. The fourth-order valence-electron chi connectivity index (χ4n) is 2.08. The van der Waals surface area contributed by atoms with Crippen LogP contribution in [0.4, 0.5) is 4.39 Å². The molecule has 4 heteroatoms. The zero-order chi connectivity index (χ0) is 13.7. The lowest BCUT2D eigenvalue weighted by Crippen LogP contribution is -2.28. The van der Waals surface area contributed by atoms with Crippen LogP contribution in [-0.4, -0.2) is 35.1 Å². The Morgan fingerprint density at radius 3 is 2.63 bits per heavy atom. The average molecular weight is 263 g/mol. The van der Waals surface area contributed by atoms with Crippen molar-refractivity contribution in [3.63, 3.8) is 0 Å². The molecule has 0 saturated heterocycles. The number of carboxylic acid groups (broad SMARTS) is 1. The maximum absolute atomic E-state index is 12.8. The molecule has 1 saturated carbocycles. The van der Waals surface area contributed by atoms with E-state index in [9.17, 15) is 9.18 Å². The number of rotatable bonds is 7. The molecule has 1 aromatic carbocycles. The summed E-state index contributed by atoms with van der Waals surface area (Å²) < 4.78 is 12.8. The van der Waals surface area contributed by atoms with Gasteiger partial charge < -0.3 is 5.11 Å². The summed E-state index contributed by atoms with van der Waals surface area (Å²) in [6, 6.07) is 7.13. The highest BCUT2D eigenvalue weighted by molar-refractivity contribution is 5.79. The van der Waals surface area contributed by atoms with Crippen LogP contribution >= 0.6 is 0 Å². The predicted octanol–water partition coefficient (Wildman–Crippen LogP) is 2.47. The van der Waals surface area contributed by atoms with Gasteiger partial charge in [-0.1, -0.05) is 18.2 Å². The van der Waals surface area contributed by atoms with Crippen molar-refractivity contribution in [2.75, 3.05) is 13.1 Å². The lowest BCUT2D eigenvalue weighted by molar-refractivity contribution is -0.131. The summed E-state index contributed by atoms with van der Waals surface area (Å²) in [7, 11) is 0. The predicted molar refractivity (Wildman–Crippen MR) is 71.5 cm³/mol. The second kappa shape index (κ2) is 6.48. The molecule has 0 heterocycles. The molecule has 3 nitrogen and oxygen atoms in total. The van der Waals surface area contributed by atoms with Gasteiger partial charge in [0.15, 0.2) is 0 Å². The third kappa shape index (κ3) is 4.83. The maximum atomic E-state index is 12.8. The van der Waals surface area contributed by atoms with Gasteiger partial charge in [-0.15, -0.1) is 0 Å². The minimum atomic E-state index is -0.908. The normalized spacial score (nSPS) is 15.3. The maximum Gasteiger partial charge on any atom is 0.328 e. The molecule has 0 radical (unpaired) electrons. The lowest BCUT2D eigenvalue weighted by Gasteiger charge is -2.20. The molecule has 0 amide bonds. The first-order valence-electron chi connectivity index (χ1n) is 6.53. The van der Waals surface area contributed by atoms with E-state index in [0.29, 0.717) is 12.6 Å². The Morgan fingerprint density at radius 2 is 2.05 bits per heavy atom. The molecule has 0 unspecified atom stereocenters. The number of hydrogen-bond donors (Lipinski definition) is 1. The molecule has 0 bridgehead atoms. The Balaban J connectivity index is 1.83. The minimum absolute atomic E-state index is 0.216. The van der Waals surface area contributed by atoms with Crippen LogP contribution < -0.4 is 0 Å². The van der Waals surface area contributed by atoms with Gasteiger partial charge in [0.2, 0.25) is 0 Å². The van der Waals surface area contributed by atoms with Crippen LogP contribution in [0.15, 0.2) is 36.4 Å². The second-order valence-corrected chi connectivity index (χ2v) is 4.84. The number of nitrogens with zero attached hydrogens (tertiary/aromatic N) is 1. The standard InChI is InChI=1S/C15H18FNO2/c16-13-5-3-12(4-6-13)9-11-17(14-7-8-14)10-1-2-15(18)19/h1-6,14H,7-11H2,(H,18,19). The summed E-state index contributed by atoms with van der Waals surface area (Å²) in [5.74, 6) is -1.12. The zero-order valence-corrected chi connectivity index (χ0v) is 10.8. The first-order valence-corrected chi connectivity index (χ1v) is 6.53. The molecule has 1 aromatic rings. The van der Waals surface area contributed by atoms with Gasteiger partial charge in [-0.2, -0.15) is 0 Å². The summed E-state index contributed by atoms with van der Waals surface area (Å²) in [5, 5.41) is 8.57. The number of halogens is 1. The van der Waals surface area contributed by atoms with Crippen LogP contribution in [-0.2, 0) is 11.2 Å². The number of carboxylic acids is 1.